The SMILES string of the molecule is C/C=C\C(=C/N)CCC. The Labute approximate surface area is 57.3 Å². The van der Waals surface area contributed by atoms with E-state index in [1.807, 2.05) is 19.1 Å². The maximum absolute atomic E-state index is 5.33. The van der Waals surface area contributed by atoms with Crippen molar-refractivity contribution in [3.05, 3.63) is 23.9 Å². The Balaban J connectivity index is 3.70. The summed E-state index contributed by atoms with van der Waals surface area (Å²) in [5, 5.41) is 0. The zero-order valence-corrected chi connectivity index (χ0v) is 6.22. The third kappa shape index (κ3) is 3.83. The monoisotopic (exact) mass is 125 g/mol. The molecule has 0 fully saturated rings. The maximum atomic E-state index is 5.33. The van der Waals surface area contributed by atoms with Gasteiger partial charge in [-0.3, -0.25) is 0 Å². The van der Waals surface area contributed by atoms with E-state index in [0.29, 0.717) is 0 Å². The van der Waals surface area contributed by atoms with E-state index in [9.17, 15) is 0 Å². The zero-order chi connectivity index (χ0) is 7.11. The molecule has 0 atom stereocenters. The smallest absolute Gasteiger partial charge is 0.00298 e. The molecular formula is C8H15N. The number of hydrogen-bond acceptors (Lipinski definition) is 1. The number of allylic oxidation sites excluding steroid dienone is 3. The van der Waals surface area contributed by atoms with Gasteiger partial charge in [0, 0.05) is 0 Å². The molecule has 0 aliphatic heterocycles. The second-order valence-electron chi connectivity index (χ2n) is 1.99. The lowest BCUT2D eigenvalue weighted by Crippen LogP contribution is -1.84. The van der Waals surface area contributed by atoms with Crippen LogP contribution in [0.15, 0.2) is 23.9 Å². The van der Waals surface area contributed by atoms with Crippen LogP contribution < -0.4 is 5.73 Å². The standard InChI is InChI=1S/C8H15N/c1-3-5-8(7-9)6-4-2/h3,5,7H,4,6,9H2,1-2H3/b5-3-,8-7+. The Hall–Kier alpha value is -0.720. The molecule has 0 spiro atoms. The summed E-state index contributed by atoms with van der Waals surface area (Å²) in [7, 11) is 0. The molecule has 0 saturated heterocycles. The first-order valence-corrected chi connectivity index (χ1v) is 3.38. The van der Waals surface area contributed by atoms with Gasteiger partial charge in [-0.15, -0.1) is 0 Å². The number of nitrogens with two attached hydrogens (primary N) is 1. The van der Waals surface area contributed by atoms with E-state index in [4.69, 9.17) is 5.73 Å². The van der Waals surface area contributed by atoms with E-state index in [0.717, 1.165) is 12.8 Å². The van der Waals surface area contributed by atoms with Crippen molar-refractivity contribution in [2.75, 3.05) is 0 Å². The minimum Gasteiger partial charge on any atom is -0.404 e. The fourth-order valence-corrected chi connectivity index (χ4v) is 0.725. The third-order valence-corrected chi connectivity index (χ3v) is 1.13. The van der Waals surface area contributed by atoms with Crippen molar-refractivity contribution in [1.82, 2.24) is 0 Å². The summed E-state index contributed by atoms with van der Waals surface area (Å²) in [6, 6.07) is 0. The lowest BCUT2D eigenvalue weighted by atomic mass is 10.1. The van der Waals surface area contributed by atoms with Gasteiger partial charge < -0.3 is 5.73 Å². The van der Waals surface area contributed by atoms with E-state index in [1.165, 1.54) is 5.57 Å². The van der Waals surface area contributed by atoms with E-state index in [1.54, 1.807) is 6.20 Å². The molecule has 0 amide bonds. The molecule has 1 heteroatoms. The first-order chi connectivity index (χ1) is 4.35. The Bertz CT molecular complexity index is 112. The Morgan fingerprint density at radius 1 is 1.56 bits per heavy atom. The molecule has 0 radical (unpaired) electrons. The van der Waals surface area contributed by atoms with Gasteiger partial charge in [0.05, 0.1) is 0 Å². The molecule has 0 aromatic rings. The van der Waals surface area contributed by atoms with E-state index in [-0.39, 0.29) is 0 Å². The van der Waals surface area contributed by atoms with Gasteiger partial charge in [-0.2, -0.15) is 0 Å². The molecule has 2 N–H and O–H groups in total. The van der Waals surface area contributed by atoms with Crippen LogP contribution in [0.3, 0.4) is 0 Å². The van der Waals surface area contributed by atoms with Crippen LogP contribution in [0.1, 0.15) is 26.7 Å². The van der Waals surface area contributed by atoms with Gasteiger partial charge in [-0.05, 0) is 25.1 Å². The van der Waals surface area contributed by atoms with Crippen molar-refractivity contribution >= 4 is 0 Å². The fourth-order valence-electron chi connectivity index (χ4n) is 0.725. The van der Waals surface area contributed by atoms with Crippen LogP contribution in [-0.2, 0) is 0 Å². The quantitative estimate of drug-likeness (QED) is 0.575. The van der Waals surface area contributed by atoms with Gasteiger partial charge in [0.1, 0.15) is 0 Å². The minimum absolute atomic E-state index is 1.08. The lowest BCUT2D eigenvalue weighted by Gasteiger charge is -1.94. The van der Waals surface area contributed by atoms with Crippen molar-refractivity contribution in [1.29, 1.82) is 0 Å². The van der Waals surface area contributed by atoms with Crippen LogP contribution in [0.2, 0.25) is 0 Å². The molecule has 0 aromatic heterocycles. The molecule has 0 saturated carbocycles. The van der Waals surface area contributed by atoms with E-state index < -0.39 is 0 Å². The third-order valence-electron chi connectivity index (χ3n) is 1.13. The van der Waals surface area contributed by atoms with Crippen molar-refractivity contribution < 1.29 is 0 Å². The van der Waals surface area contributed by atoms with Crippen LogP contribution >= 0.6 is 0 Å². The predicted molar refractivity (Wildman–Crippen MR) is 42.0 cm³/mol. The molecule has 9 heavy (non-hydrogen) atoms. The largest absolute Gasteiger partial charge is 0.404 e. The second-order valence-corrected chi connectivity index (χ2v) is 1.99. The summed E-state index contributed by atoms with van der Waals surface area (Å²) in [5.74, 6) is 0. The molecule has 0 heterocycles. The number of hydrogen-bond donors (Lipinski definition) is 1. The van der Waals surface area contributed by atoms with Crippen LogP contribution in [0.25, 0.3) is 0 Å². The van der Waals surface area contributed by atoms with Crippen molar-refractivity contribution in [2.45, 2.75) is 26.7 Å². The highest BCUT2D eigenvalue weighted by atomic mass is 14.5. The zero-order valence-electron chi connectivity index (χ0n) is 6.22. The van der Waals surface area contributed by atoms with Gasteiger partial charge in [0.2, 0.25) is 0 Å². The molecule has 52 valence electrons. The second kappa shape index (κ2) is 5.42. The summed E-state index contributed by atoms with van der Waals surface area (Å²) < 4.78 is 0. The summed E-state index contributed by atoms with van der Waals surface area (Å²) >= 11 is 0. The number of rotatable bonds is 3. The van der Waals surface area contributed by atoms with Crippen LogP contribution in [0, 0.1) is 0 Å². The van der Waals surface area contributed by atoms with Crippen LogP contribution in [-0.4, -0.2) is 0 Å². The average molecular weight is 125 g/mol. The first-order valence-electron chi connectivity index (χ1n) is 3.38. The fraction of sp³-hybridized carbons (Fsp3) is 0.500. The lowest BCUT2D eigenvalue weighted by molar-refractivity contribution is 0.922. The normalized spacial score (nSPS) is 12.9. The molecule has 0 rings (SSSR count). The van der Waals surface area contributed by atoms with Gasteiger partial charge in [0.25, 0.3) is 0 Å². The summed E-state index contributed by atoms with van der Waals surface area (Å²) in [6.45, 7) is 4.15. The van der Waals surface area contributed by atoms with Gasteiger partial charge in [-0.25, -0.2) is 0 Å². The van der Waals surface area contributed by atoms with Gasteiger partial charge in [-0.1, -0.05) is 25.5 Å². The highest BCUT2D eigenvalue weighted by Crippen LogP contribution is 2.03. The summed E-state index contributed by atoms with van der Waals surface area (Å²) in [5.41, 5.74) is 6.55. The Morgan fingerprint density at radius 2 is 2.22 bits per heavy atom. The Morgan fingerprint density at radius 3 is 2.56 bits per heavy atom. The maximum Gasteiger partial charge on any atom is -0.00298 e. The molecule has 0 aromatic carbocycles. The molecule has 0 aliphatic rings. The highest BCUT2D eigenvalue weighted by Gasteiger charge is 1.85. The van der Waals surface area contributed by atoms with Crippen LogP contribution in [0.5, 0.6) is 0 Å². The molecule has 0 bridgehead atoms. The predicted octanol–water partition coefficient (Wildman–Crippen LogP) is 2.21. The van der Waals surface area contributed by atoms with Crippen molar-refractivity contribution in [2.24, 2.45) is 5.73 Å². The van der Waals surface area contributed by atoms with E-state index >= 15 is 0 Å². The van der Waals surface area contributed by atoms with Crippen molar-refractivity contribution in [3.63, 3.8) is 0 Å². The topological polar surface area (TPSA) is 26.0 Å². The first kappa shape index (κ1) is 8.28. The molecular weight excluding hydrogens is 110 g/mol. The van der Waals surface area contributed by atoms with Gasteiger partial charge >= 0.3 is 0 Å². The summed E-state index contributed by atoms with van der Waals surface area (Å²) in [6.07, 6.45) is 7.97. The van der Waals surface area contributed by atoms with E-state index in [2.05, 4.69) is 6.92 Å². The highest BCUT2D eigenvalue weighted by molar-refractivity contribution is 5.16. The minimum atomic E-state index is 1.08. The Kier molecular flexibility index (Phi) is 4.98. The van der Waals surface area contributed by atoms with Crippen LogP contribution in [0.4, 0.5) is 0 Å². The molecule has 1 nitrogen and oxygen atoms in total. The molecule has 0 unspecified atom stereocenters. The summed E-state index contributed by atoms with van der Waals surface area (Å²) in [4.78, 5) is 0. The average Bonchev–Trinajstić information content (AvgIpc) is 1.88. The molecule has 0 aliphatic carbocycles. The van der Waals surface area contributed by atoms with Crippen molar-refractivity contribution in [3.8, 4) is 0 Å². The van der Waals surface area contributed by atoms with Gasteiger partial charge in [0.15, 0.2) is 0 Å².